The molecule has 0 spiro atoms. The highest BCUT2D eigenvalue weighted by Gasteiger charge is 2.19. The molecule has 20 heavy (non-hydrogen) atoms. The van der Waals surface area contributed by atoms with Gasteiger partial charge in [0.15, 0.2) is 0 Å². The summed E-state index contributed by atoms with van der Waals surface area (Å²) in [6.45, 7) is 5.06. The number of halogens is 3. The third-order valence-electron chi connectivity index (χ3n) is 3.30. The minimum absolute atomic E-state index is 0.116. The van der Waals surface area contributed by atoms with Gasteiger partial charge in [0.05, 0.1) is 6.04 Å². The van der Waals surface area contributed by atoms with Crippen LogP contribution >= 0.6 is 43.5 Å². The van der Waals surface area contributed by atoms with Crippen molar-refractivity contribution in [2.24, 2.45) is 0 Å². The predicted octanol–water partition coefficient (Wildman–Crippen LogP) is 5.87. The molecule has 1 nitrogen and oxygen atoms in total. The number of hydrogen-bond acceptors (Lipinski definition) is 1. The van der Waals surface area contributed by atoms with E-state index in [1.165, 1.54) is 11.1 Å². The van der Waals surface area contributed by atoms with E-state index in [0.29, 0.717) is 0 Å². The van der Waals surface area contributed by atoms with E-state index in [1.54, 1.807) is 0 Å². The fourth-order valence-electron chi connectivity index (χ4n) is 2.26. The fraction of sp³-hybridized carbons (Fsp3) is 0.250. The van der Waals surface area contributed by atoms with Crippen molar-refractivity contribution >= 4 is 43.5 Å². The van der Waals surface area contributed by atoms with Crippen LogP contribution in [0.25, 0.3) is 0 Å². The SMILES string of the molecule is CCNC(c1cc(Br)ccc1Br)c1cccc(Cl)c1C. The molecular formula is C16H16Br2ClN. The molecule has 0 saturated carbocycles. The average Bonchev–Trinajstić information content (AvgIpc) is 2.43. The molecule has 0 heterocycles. The van der Waals surface area contributed by atoms with Gasteiger partial charge in [-0.25, -0.2) is 0 Å². The van der Waals surface area contributed by atoms with Crippen molar-refractivity contribution in [3.8, 4) is 0 Å². The summed E-state index contributed by atoms with van der Waals surface area (Å²) in [6, 6.07) is 12.4. The molecule has 1 atom stereocenters. The summed E-state index contributed by atoms with van der Waals surface area (Å²) in [6.07, 6.45) is 0. The van der Waals surface area contributed by atoms with Crippen LogP contribution in [0.5, 0.6) is 0 Å². The first-order valence-corrected chi connectivity index (χ1v) is 8.44. The van der Waals surface area contributed by atoms with Gasteiger partial charge in [-0.1, -0.05) is 62.5 Å². The number of hydrogen-bond donors (Lipinski definition) is 1. The lowest BCUT2D eigenvalue weighted by Gasteiger charge is -2.23. The van der Waals surface area contributed by atoms with Crippen LogP contribution in [-0.4, -0.2) is 6.54 Å². The molecule has 0 amide bonds. The summed E-state index contributed by atoms with van der Waals surface area (Å²) < 4.78 is 2.16. The molecule has 0 fully saturated rings. The molecule has 1 N–H and O–H groups in total. The largest absolute Gasteiger partial charge is 0.306 e. The summed E-state index contributed by atoms with van der Waals surface area (Å²) in [7, 11) is 0. The van der Waals surface area contributed by atoms with Gasteiger partial charge in [0.25, 0.3) is 0 Å². The van der Waals surface area contributed by atoms with Crippen molar-refractivity contribution < 1.29 is 0 Å². The van der Waals surface area contributed by atoms with Gasteiger partial charge in [0.2, 0.25) is 0 Å². The second kappa shape index (κ2) is 7.08. The molecule has 2 aromatic carbocycles. The Kier molecular flexibility index (Phi) is 5.67. The van der Waals surface area contributed by atoms with Crippen LogP contribution in [0.1, 0.15) is 29.7 Å². The molecule has 0 saturated heterocycles. The van der Waals surface area contributed by atoms with Crippen LogP contribution in [0.15, 0.2) is 45.3 Å². The average molecular weight is 418 g/mol. The van der Waals surface area contributed by atoms with Crippen molar-refractivity contribution in [2.75, 3.05) is 6.54 Å². The zero-order valence-corrected chi connectivity index (χ0v) is 15.3. The molecule has 1 unspecified atom stereocenters. The lowest BCUT2D eigenvalue weighted by molar-refractivity contribution is 0.625. The van der Waals surface area contributed by atoms with E-state index in [4.69, 9.17) is 11.6 Å². The second-order valence-corrected chi connectivity index (χ2v) is 6.79. The van der Waals surface area contributed by atoms with Crippen molar-refractivity contribution in [1.29, 1.82) is 0 Å². The fourth-order valence-corrected chi connectivity index (χ4v) is 3.30. The van der Waals surface area contributed by atoms with Gasteiger partial charge in [-0.15, -0.1) is 0 Å². The predicted molar refractivity (Wildman–Crippen MR) is 93.6 cm³/mol. The van der Waals surface area contributed by atoms with Gasteiger partial charge in [-0.05, 0) is 54.4 Å². The van der Waals surface area contributed by atoms with Crippen molar-refractivity contribution in [1.82, 2.24) is 5.32 Å². The molecule has 0 bridgehead atoms. The van der Waals surface area contributed by atoms with Crippen LogP contribution < -0.4 is 5.32 Å². The van der Waals surface area contributed by atoms with E-state index in [0.717, 1.165) is 26.1 Å². The van der Waals surface area contributed by atoms with E-state index in [9.17, 15) is 0 Å². The number of rotatable bonds is 4. The van der Waals surface area contributed by atoms with Gasteiger partial charge in [0, 0.05) is 14.0 Å². The van der Waals surface area contributed by atoms with E-state index >= 15 is 0 Å². The van der Waals surface area contributed by atoms with E-state index in [2.05, 4.69) is 69.2 Å². The topological polar surface area (TPSA) is 12.0 Å². The molecule has 2 rings (SSSR count). The molecule has 0 aromatic heterocycles. The Morgan fingerprint density at radius 1 is 1.15 bits per heavy atom. The third-order valence-corrected chi connectivity index (χ3v) is 4.92. The van der Waals surface area contributed by atoms with Crippen LogP contribution in [0.2, 0.25) is 5.02 Å². The lowest BCUT2D eigenvalue weighted by Crippen LogP contribution is -2.23. The molecule has 0 aliphatic rings. The minimum atomic E-state index is 0.116. The maximum absolute atomic E-state index is 6.27. The number of nitrogens with one attached hydrogen (secondary N) is 1. The number of benzene rings is 2. The summed E-state index contributed by atoms with van der Waals surface area (Å²) in [5.74, 6) is 0. The maximum Gasteiger partial charge on any atom is 0.0591 e. The molecule has 106 valence electrons. The quantitative estimate of drug-likeness (QED) is 0.656. The Morgan fingerprint density at radius 3 is 2.60 bits per heavy atom. The van der Waals surface area contributed by atoms with Crippen LogP contribution in [-0.2, 0) is 0 Å². The van der Waals surface area contributed by atoms with Crippen LogP contribution in [0.4, 0.5) is 0 Å². The highest BCUT2D eigenvalue weighted by atomic mass is 79.9. The van der Waals surface area contributed by atoms with Crippen LogP contribution in [0, 0.1) is 6.92 Å². The van der Waals surface area contributed by atoms with Gasteiger partial charge in [0.1, 0.15) is 0 Å². The van der Waals surface area contributed by atoms with Gasteiger partial charge >= 0.3 is 0 Å². The summed E-state index contributed by atoms with van der Waals surface area (Å²) in [5, 5.41) is 4.34. The second-order valence-electron chi connectivity index (χ2n) is 4.61. The molecular weight excluding hydrogens is 401 g/mol. The smallest absolute Gasteiger partial charge is 0.0591 e. The highest BCUT2D eigenvalue weighted by Crippen LogP contribution is 2.34. The van der Waals surface area contributed by atoms with E-state index in [-0.39, 0.29) is 6.04 Å². The van der Waals surface area contributed by atoms with E-state index < -0.39 is 0 Å². The third kappa shape index (κ3) is 3.45. The maximum atomic E-state index is 6.27. The molecule has 0 aliphatic heterocycles. The zero-order chi connectivity index (χ0) is 14.7. The first-order valence-electron chi connectivity index (χ1n) is 6.48. The Hall–Kier alpha value is -0.350. The van der Waals surface area contributed by atoms with Crippen molar-refractivity contribution in [3.63, 3.8) is 0 Å². The van der Waals surface area contributed by atoms with Crippen molar-refractivity contribution in [3.05, 3.63) is 67.1 Å². The highest BCUT2D eigenvalue weighted by molar-refractivity contribution is 9.11. The first-order chi connectivity index (χ1) is 9.54. The normalized spacial score (nSPS) is 12.4. The molecule has 4 heteroatoms. The van der Waals surface area contributed by atoms with Crippen molar-refractivity contribution in [2.45, 2.75) is 19.9 Å². The Morgan fingerprint density at radius 2 is 1.90 bits per heavy atom. The van der Waals surface area contributed by atoms with Gasteiger partial charge < -0.3 is 5.32 Å². The zero-order valence-electron chi connectivity index (χ0n) is 11.4. The Bertz CT molecular complexity index is 611. The molecule has 0 radical (unpaired) electrons. The van der Waals surface area contributed by atoms with Gasteiger partial charge in [-0.3, -0.25) is 0 Å². The van der Waals surface area contributed by atoms with Gasteiger partial charge in [-0.2, -0.15) is 0 Å². The Labute approximate surface area is 142 Å². The minimum Gasteiger partial charge on any atom is -0.306 e. The standard InChI is InChI=1S/C16H16Br2ClN/c1-3-20-16(12-5-4-6-15(19)10(12)2)13-9-11(17)7-8-14(13)18/h4-9,16,20H,3H2,1-2H3. The van der Waals surface area contributed by atoms with Crippen LogP contribution in [0.3, 0.4) is 0 Å². The summed E-state index contributed by atoms with van der Waals surface area (Å²) in [4.78, 5) is 0. The lowest BCUT2D eigenvalue weighted by atomic mass is 9.95. The summed E-state index contributed by atoms with van der Waals surface area (Å²) in [5.41, 5.74) is 3.52. The monoisotopic (exact) mass is 415 g/mol. The summed E-state index contributed by atoms with van der Waals surface area (Å²) >= 11 is 13.5. The molecule has 2 aromatic rings. The Balaban J connectivity index is 2.56. The van der Waals surface area contributed by atoms with E-state index in [1.807, 2.05) is 18.2 Å². The molecule has 0 aliphatic carbocycles. The first kappa shape index (κ1) is 16.0.